The van der Waals surface area contributed by atoms with E-state index in [2.05, 4.69) is 28.0 Å². The Balaban J connectivity index is 2.83. The van der Waals surface area contributed by atoms with Gasteiger partial charge in [-0.2, -0.15) is 5.10 Å². The summed E-state index contributed by atoms with van der Waals surface area (Å²) in [5.74, 6) is -0.808. The first kappa shape index (κ1) is 17.1. The van der Waals surface area contributed by atoms with Crippen LogP contribution in [0, 0.1) is 0 Å². The molecule has 0 aliphatic rings. The van der Waals surface area contributed by atoms with Gasteiger partial charge < -0.3 is 10.0 Å². The Labute approximate surface area is 128 Å². The first-order valence-corrected chi connectivity index (χ1v) is 7.43. The fourth-order valence-electron chi connectivity index (χ4n) is 1.95. The molecule has 1 heterocycles. The average molecular weight is 347 g/mol. The van der Waals surface area contributed by atoms with Crippen LogP contribution in [0.25, 0.3) is 0 Å². The SMILES string of the molecule is CCc1nn(C)c(CN(CCN(C)C)CC(=O)O)c1Br. The summed E-state index contributed by atoms with van der Waals surface area (Å²) in [6.07, 6.45) is 0.852. The maximum absolute atomic E-state index is 11.0. The molecule has 0 saturated heterocycles. The molecular formula is C13H23BrN4O2. The summed E-state index contributed by atoms with van der Waals surface area (Å²) in [5, 5.41) is 13.5. The maximum atomic E-state index is 11.0. The third-order valence-corrected chi connectivity index (χ3v) is 4.01. The topological polar surface area (TPSA) is 61.6 Å². The minimum Gasteiger partial charge on any atom is -0.480 e. The van der Waals surface area contributed by atoms with Crippen molar-refractivity contribution in [2.24, 2.45) is 7.05 Å². The van der Waals surface area contributed by atoms with Gasteiger partial charge in [-0.25, -0.2) is 0 Å². The zero-order chi connectivity index (χ0) is 15.3. The van der Waals surface area contributed by atoms with E-state index in [1.54, 1.807) is 0 Å². The lowest BCUT2D eigenvalue weighted by atomic mass is 10.3. The molecule has 7 heteroatoms. The molecule has 0 saturated carbocycles. The Morgan fingerprint density at radius 3 is 2.50 bits per heavy atom. The largest absolute Gasteiger partial charge is 0.480 e. The van der Waals surface area contributed by atoms with E-state index in [1.165, 1.54) is 0 Å². The van der Waals surface area contributed by atoms with Gasteiger partial charge in [0.15, 0.2) is 0 Å². The molecule has 1 rings (SSSR count). The first-order chi connectivity index (χ1) is 9.35. The number of carbonyl (C=O) groups is 1. The second-order valence-corrected chi connectivity index (χ2v) is 5.89. The molecule has 20 heavy (non-hydrogen) atoms. The molecule has 0 aliphatic heterocycles. The first-order valence-electron chi connectivity index (χ1n) is 6.64. The number of rotatable bonds is 8. The Morgan fingerprint density at radius 2 is 2.05 bits per heavy atom. The van der Waals surface area contributed by atoms with Crippen molar-refractivity contribution >= 4 is 21.9 Å². The zero-order valence-corrected chi connectivity index (χ0v) is 14.1. The van der Waals surface area contributed by atoms with E-state index in [9.17, 15) is 4.79 Å². The fourth-order valence-corrected chi connectivity index (χ4v) is 2.69. The highest BCUT2D eigenvalue weighted by Gasteiger charge is 2.17. The molecule has 0 aliphatic carbocycles. The van der Waals surface area contributed by atoms with Gasteiger partial charge in [-0.3, -0.25) is 14.4 Å². The molecule has 0 radical (unpaired) electrons. The van der Waals surface area contributed by atoms with Crippen LogP contribution in [0.4, 0.5) is 0 Å². The van der Waals surface area contributed by atoms with E-state index in [4.69, 9.17) is 5.11 Å². The summed E-state index contributed by atoms with van der Waals surface area (Å²) in [7, 11) is 5.85. The summed E-state index contributed by atoms with van der Waals surface area (Å²) >= 11 is 3.57. The highest BCUT2D eigenvalue weighted by molar-refractivity contribution is 9.10. The zero-order valence-electron chi connectivity index (χ0n) is 12.6. The number of carboxylic acid groups (broad SMARTS) is 1. The Morgan fingerprint density at radius 1 is 1.40 bits per heavy atom. The average Bonchev–Trinajstić information content (AvgIpc) is 2.62. The van der Waals surface area contributed by atoms with Crippen LogP contribution in [0.5, 0.6) is 0 Å². The van der Waals surface area contributed by atoms with Crippen LogP contribution in [0.1, 0.15) is 18.3 Å². The molecule has 0 aromatic carbocycles. The summed E-state index contributed by atoms with van der Waals surface area (Å²) in [5.41, 5.74) is 2.02. The van der Waals surface area contributed by atoms with Crippen LogP contribution in [0.3, 0.4) is 0 Å². The van der Waals surface area contributed by atoms with Gasteiger partial charge in [-0.05, 0) is 36.4 Å². The van der Waals surface area contributed by atoms with Crippen LogP contribution in [0.15, 0.2) is 4.47 Å². The standard InChI is InChI=1S/C13H23BrN4O2/c1-5-10-13(14)11(17(4)15-10)8-18(9-12(19)20)7-6-16(2)3/h5-9H2,1-4H3,(H,19,20). The lowest BCUT2D eigenvalue weighted by Crippen LogP contribution is -2.35. The normalized spacial score (nSPS) is 11.6. The van der Waals surface area contributed by atoms with Crippen molar-refractivity contribution in [2.45, 2.75) is 19.9 Å². The number of hydrogen-bond donors (Lipinski definition) is 1. The van der Waals surface area contributed by atoms with Gasteiger partial charge in [-0.15, -0.1) is 0 Å². The number of nitrogens with zero attached hydrogens (tertiary/aromatic N) is 4. The van der Waals surface area contributed by atoms with Crippen molar-refractivity contribution in [2.75, 3.05) is 33.7 Å². The molecule has 0 amide bonds. The number of aryl methyl sites for hydroxylation is 2. The van der Waals surface area contributed by atoms with Gasteiger partial charge in [-0.1, -0.05) is 6.92 Å². The third-order valence-electron chi connectivity index (χ3n) is 3.10. The lowest BCUT2D eigenvalue weighted by Gasteiger charge is -2.22. The molecule has 6 nitrogen and oxygen atoms in total. The lowest BCUT2D eigenvalue weighted by molar-refractivity contribution is -0.138. The van der Waals surface area contributed by atoms with E-state index in [1.807, 2.05) is 35.6 Å². The minimum absolute atomic E-state index is 0.0346. The van der Waals surface area contributed by atoms with Crippen molar-refractivity contribution in [1.29, 1.82) is 0 Å². The number of aromatic nitrogens is 2. The molecule has 1 N–H and O–H groups in total. The van der Waals surface area contributed by atoms with Crippen LogP contribution < -0.4 is 0 Å². The molecule has 1 aromatic heterocycles. The molecular weight excluding hydrogens is 324 g/mol. The van der Waals surface area contributed by atoms with Crippen LogP contribution in [-0.4, -0.2) is 64.4 Å². The van der Waals surface area contributed by atoms with Crippen LogP contribution in [-0.2, 0) is 24.8 Å². The third kappa shape index (κ3) is 4.88. The van der Waals surface area contributed by atoms with E-state index < -0.39 is 5.97 Å². The van der Waals surface area contributed by atoms with Crippen molar-refractivity contribution in [3.05, 3.63) is 15.9 Å². The summed E-state index contributed by atoms with van der Waals surface area (Å²) < 4.78 is 2.82. The van der Waals surface area contributed by atoms with E-state index in [0.717, 1.165) is 28.8 Å². The highest BCUT2D eigenvalue weighted by atomic mass is 79.9. The van der Waals surface area contributed by atoms with Crippen LogP contribution in [0.2, 0.25) is 0 Å². The van der Waals surface area contributed by atoms with Crippen molar-refractivity contribution < 1.29 is 9.90 Å². The van der Waals surface area contributed by atoms with Crippen molar-refractivity contribution in [3.63, 3.8) is 0 Å². The summed E-state index contributed by atoms with van der Waals surface area (Å²) in [4.78, 5) is 15.0. The summed E-state index contributed by atoms with van der Waals surface area (Å²) in [6, 6.07) is 0. The summed E-state index contributed by atoms with van der Waals surface area (Å²) in [6.45, 7) is 4.19. The number of carboxylic acids is 1. The number of hydrogen-bond acceptors (Lipinski definition) is 4. The smallest absolute Gasteiger partial charge is 0.317 e. The van der Waals surface area contributed by atoms with Gasteiger partial charge in [0.2, 0.25) is 0 Å². The van der Waals surface area contributed by atoms with Gasteiger partial charge in [0.05, 0.1) is 22.4 Å². The van der Waals surface area contributed by atoms with Crippen molar-refractivity contribution in [3.8, 4) is 0 Å². The van der Waals surface area contributed by atoms with Gasteiger partial charge in [0.1, 0.15) is 0 Å². The van der Waals surface area contributed by atoms with E-state index >= 15 is 0 Å². The number of halogens is 1. The Hall–Kier alpha value is -0.920. The van der Waals surface area contributed by atoms with Crippen LogP contribution >= 0.6 is 15.9 Å². The second-order valence-electron chi connectivity index (χ2n) is 5.09. The second kappa shape index (κ2) is 7.75. The minimum atomic E-state index is -0.808. The monoisotopic (exact) mass is 346 g/mol. The van der Waals surface area contributed by atoms with Gasteiger partial charge in [0.25, 0.3) is 0 Å². The van der Waals surface area contributed by atoms with E-state index in [0.29, 0.717) is 13.1 Å². The maximum Gasteiger partial charge on any atom is 0.317 e. The quantitative estimate of drug-likeness (QED) is 0.766. The van der Waals surface area contributed by atoms with Crippen molar-refractivity contribution in [1.82, 2.24) is 19.6 Å². The predicted octanol–water partition coefficient (Wildman–Crippen LogP) is 1.19. The molecule has 1 aromatic rings. The van der Waals surface area contributed by atoms with Gasteiger partial charge in [0, 0.05) is 26.7 Å². The Bertz CT molecular complexity index is 459. The molecule has 0 unspecified atom stereocenters. The molecule has 0 atom stereocenters. The molecule has 0 bridgehead atoms. The number of likely N-dealkylation sites (N-methyl/N-ethyl adjacent to an activating group) is 1. The van der Waals surface area contributed by atoms with E-state index in [-0.39, 0.29) is 6.54 Å². The fraction of sp³-hybridized carbons (Fsp3) is 0.692. The predicted molar refractivity (Wildman–Crippen MR) is 81.8 cm³/mol. The molecule has 114 valence electrons. The molecule has 0 spiro atoms. The Kier molecular flexibility index (Phi) is 6.64. The number of aliphatic carboxylic acids is 1. The highest BCUT2D eigenvalue weighted by Crippen LogP contribution is 2.22. The molecule has 0 fully saturated rings. The van der Waals surface area contributed by atoms with Gasteiger partial charge >= 0.3 is 5.97 Å².